The third-order valence-electron chi connectivity index (χ3n) is 1.90. The second-order valence-corrected chi connectivity index (χ2v) is 3.25. The topological polar surface area (TPSA) is 38.7 Å². The SMILES string of the molecule is Bc1cnc(-c2cccc(C)n2)nc1. The maximum absolute atomic E-state index is 4.35. The summed E-state index contributed by atoms with van der Waals surface area (Å²) in [5.41, 5.74) is 2.86. The van der Waals surface area contributed by atoms with Crippen molar-refractivity contribution in [3.8, 4) is 11.5 Å². The zero-order valence-corrected chi connectivity index (χ0v) is 8.23. The van der Waals surface area contributed by atoms with E-state index in [9.17, 15) is 0 Å². The molecule has 3 nitrogen and oxygen atoms in total. The van der Waals surface area contributed by atoms with E-state index < -0.39 is 0 Å². The minimum atomic E-state index is 0.680. The number of pyridine rings is 1. The Morgan fingerprint density at radius 2 is 1.86 bits per heavy atom. The van der Waals surface area contributed by atoms with E-state index in [2.05, 4.69) is 15.0 Å². The fourth-order valence-corrected chi connectivity index (χ4v) is 1.19. The molecular formula is C10H10BN3. The van der Waals surface area contributed by atoms with Crippen molar-refractivity contribution in [3.63, 3.8) is 0 Å². The maximum atomic E-state index is 4.35. The van der Waals surface area contributed by atoms with Gasteiger partial charge in [0.1, 0.15) is 13.5 Å². The van der Waals surface area contributed by atoms with Gasteiger partial charge in [0.05, 0.1) is 0 Å². The summed E-state index contributed by atoms with van der Waals surface area (Å²) in [7, 11) is 1.97. The fourth-order valence-electron chi connectivity index (χ4n) is 1.19. The molecule has 14 heavy (non-hydrogen) atoms. The molecule has 0 fully saturated rings. The van der Waals surface area contributed by atoms with Crippen LogP contribution in [0.5, 0.6) is 0 Å². The Morgan fingerprint density at radius 3 is 2.50 bits per heavy atom. The summed E-state index contributed by atoms with van der Waals surface area (Å²) in [6.07, 6.45) is 3.60. The monoisotopic (exact) mass is 183 g/mol. The molecule has 0 saturated carbocycles. The average molecular weight is 183 g/mol. The van der Waals surface area contributed by atoms with Gasteiger partial charge in [-0.15, -0.1) is 0 Å². The summed E-state index contributed by atoms with van der Waals surface area (Å²) in [6.45, 7) is 1.96. The van der Waals surface area contributed by atoms with Crippen LogP contribution in [0.15, 0.2) is 30.6 Å². The minimum Gasteiger partial charge on any atom is -0.250 e. The summed E-state index contributed by atoms with van der Waals surface area (Å²) in [5.74, 6) is 0.680. The normalized spacial score (nSPS) is 10.1. The van der Waals surface area contributed by atoms with E-state index >= 15 is 0 Å². The second kappa shape index (κ2) is 3.58. The molecule has 2 rings (SSSR count). The van der Waals surface area contributed by atoms with E-state index in [4.69, 9.17) is 0 Å². The van der Waals surface area contributed by atoms with Crippen LogP contribution in [0.3, 0.4) is 0 Å². The molecule has 0 aliphatic heterocycles. The Kier molecular flexibility index (Phi) is 2.27. The third-order valence-corrected chi connectivity index (χ3v) is 1.90. The molecule has 0 aromatic carbocycles. The predicted molar refractivity (Wildman–Crippen MR) is 58.2 cm³/mol. The molecule has 0 aliphatic carbocycles. The highest BCUT2D eigenvalue weighted by molar-refractivity contribution is 6.31. The van der Waals surface area contributed by atoms with Crippen molar-refractivity contribution in [2.24, 2.45) is 0 Å². The summed E-state index contributed by atoms with van der Waals surface area (Å²) >= 11 is 0. The van der Waals surface area contributed by atoms with Crippen molar-refractivity contribution in [1.29, 1.82) is 0 Å². The van der Waals surface area contributed by atoms with Crippen LogP contribution in [0.4, 0.5) is 0 Å². The number of hydrogen-bond donors (Lipinski definition) is 0. The van der Waals surface area contributed by atoms with Gasteiger partial charge >= 0.3 is 0 Å². The molecule has 0 amide bonds. The number of nitrogens with zero attached hydrogens (tertiary/aromatic N) is 3. The summed E-state index contributed by atoms with van der Waals surface area (Å²) < 4.78 is 0. The van der Waals surface area contributed by atoms with Crippen LogP contribution < -0.4 is 5.46 Å². The Balaban J connectivity index is 2.44. The molecule has 2 aromatic rings. The van der Waals surface area contributed by atoms with E-state index in [0.717, 1.165) is 16.9 Å². The quantitative estimate of drug-likeness (QED) is 0.588. The van der Waals surface area contributed by atoms with Gasteiger partial charge in [0, 0.05) is 18.1 Å². The van der Waals surface area contributed by atoms with Crippen molar-refractivity contribution < 1.29 is 0 Å². The lowest BCUT2D eigenvalue weighted by molar-refractivity contribution is 1.12. The second-order valence-electron chi connectivity index (χ2n) is 3.25. The van der Waals surface area contributed by atoms with Gasteiger partial charge in [-0.05, 0) is 19.1 Å². The lowest BCUT2D eigenvalue weighted by atomic mass is 10.0. The van der Waals surface area contributed by atoms with Crippen LogP contribution in [-0.4, -0.2) is 22.8 Å². The molecule has 2 aromatic heterocycles. The Hall–Kier alpha value is -1.71. The van der Waals surface area contributed by atoms with Gasteiger partial charge in [-0.25, -0.2) is 15.0 Å². The van der Waals surface area contributed by atoms with Gasteiger partial charge in [0.25, 0.3) is 0 Å². The molecule has 4 heteroatoms. The molecule has 0 saturated heterocycles. The van der Waals surface area contributed by atoms with Crippen LogP contribution in [0.2, 0.25) is 0 Å². The van der Waals surface area contributed by atoms with Gasteiger partial charge in [-0.2, -0.15) is 0 Å². The Labute approximate surface area is 83.7 Å². The first kappa shape index (κ1) is 8.87. The van der Waals surface area contributed by atoms with Gasteiger partial charge in [-0.1, -0.05) is 11.5 Å². The lowest BCUT2D eigenvalue weighted by Gasteiger charge is -1.99. The van der Waals surface area contributed by atoms with Crippen LogP contribution in [0, 0.1) is 6.92 Å². The molecule has 0 spiro atoms. The minimum absolute atomic E-state index is 0.680. The van der Waals surface area contributed by atoms with Gasteiger partial charge < -0.3 is 0 Å². The zero-order chi connectivity index (χ0) is 9.97. The number of rotatable bonds is 1. The number of hydrogen-bond acceptors (Lipinski definition) is 3. The first-order chi connectivity index (χ1) is 6.75. The molecule has 0 radical (unpaired) electrons. The highest BCUT2D eigenvalue weighted by atomic mass is 14.9. The average Bonchev–Trinajstić information content (AvgIpc) is 2.19. The number of aryl methyl sites for hydroxylation is 1. The Bertz CT molecular complexity index is 439. The van der Waals surface area contributed by atoms with Gasteiger partial charge in [0.15, 0.2) is 5.82 Å². The van der Waals surface area contributed by atoms with E-state index in [-0.39, 0.29) is 0 Å². The molecule has 0 bridgehead atoms. The van der Waals surface area contributed by atoms with Gasteiger partial charge in [-0.3, -0.25) is 0 Å². The van der Waals surface area contributed by atoms with Crippen molar-refractivity contribution in [2.45, 2.75) is 6.92 Å². The molecule has 0 atom stereocenters. The molecule has 2 heterocycles. The zero-order valence-electron chi connectivity index (χ0n) is 8.23. The van der Waals surface area contributed by atoms with Gasteiger partial charge in [0.2, 0.25) is 0 Å². The highest BCUT2D eigenvalue weighted by Crippen LogP contribution is 2.09. The standard InChI is InChI=1S/C10H10BN3/c1-7-3-2-4-9(14-7)10-12-5-8(11)6-13-10/h2-6H,11H2,1H3. The van der Waals surface area contributed by atoms with E-state index in [1.807, 2.05) is 33.0 Å². The van der Waals surface area contributed by atoms with E-state index in [1.54, 1.807) is 12.4 Å². The first-order valence-electron chi connectivity index (χ1n) is 4.48. The largest absolute Gasteiger partial charge is 0.250 e. The first-order valence-corrected chi connectivity index (χ1v) is 4.48. The summed E-state index contributed by atoms with van der Waals surface area (Å²) in [5, 5.41) is 0. The third kappa shape index (κ3) is 1.79. The van der Waals surface area contributed by atoms with Crippen LogP contribution in [-0.2, 0) is 0 Å². The van der Waals surface area contributed by atoms with Crippen molar-refractivity contribution in [3.05, 3.63) is 36.3 Å². The highest BCUT2D eigenvalue weighted by Gasteiger charge is 2.01. The van der Waals surface area contributed by atoms with Crippen LogP contribution >= 0.6 is 0 Å². The van der Waals surface area contributed by atoms with Crippen molar-refractivity contribution in [1.82, 2.24) is 15.0 Å². The molecule has 0 unspecified atom stereocenters. The van der Waals surface area contributed by atoms with Crippen LogP contribution in [0.25, 0.3) is 11.5 Å². The van der Waals surface area contributed by atoms with Crippen LogP contribution in [0.1, 0.15) is 5.69 Å². The molecular weight excluding hydrogens is 173 g/mol. The van der Waals surface area contributed by atoms with E-state index in [1.165, 1.54) is 0 Å². The molecule has 0 N–H and O–H groups in total. The summed E-state index contributed by atoms with van der Waals surface area (Å²) in [4.78, 5) is 12.8. The predicted octanol–water partition coefficient (Wildman–Crippen LogP) is 0.105. The lowest BCUT2D eigenvalue weighted by Crippen LogP contribution is -2.05. The number of aromatic nitrogens is 3. The van der Waals surface area contributed by atoms with E-state index in [0.29, 0.717) is 5.82 Å². The molecule has 0 aliphatic rings. The van der Waals surface area contributed by atoms with Crippen molar-refractivity contribution >= 4 is 13.3 Å². The molecule has 68 valence electrons. The van der Waals surface area contributed by atoms with Crippen molar-refractivity contribution in [2.75, 3.05) is 0 Å². The fraction of sp³-hybridized carbons (Fsp3) is 0.100. The Morgan fingerprint density at radius 1 is 1.14 bits per heavy atom. The summed E-state index contributed by atoms with van der Waals surface area (Å²) in [6, 6.07) is 5.83. The smallest absolute Gasteiger partial charge is 0.178 e. The maximum Gasteiger partial charge on any atom is 0.178 e.